The Morgan fingerprint density at radius 2 is 1.68 bits per heavy atom. The number of aromatic nitrogens is 2. The first kappa shape index (κ1) is 25.5. The molecule has 2 fully saturated rings. The van der Waals surface area contributed by atoms with E-state index in [-0.39, 0.29) is 5.57 Å². The molecule has 0 atom stereocenters. The second-order valence-corrected chi connectivity index (χ2v) is 9.54. The number of likely N-dealkylation sites (N-methyl/N-ethyl adjacent to an activating group) is 1. The number of anilines is 6. The van der Waals surface area contributed by atoms with E-state index in [9.17, 15) is 4.79 Å². The number of hydrogen-bond acceptors (Lipinski definition) is 9. The summed E-state index contributed by atoms with van der Waals surface area (Å²) in [6.45, 7) is 10.8. The van der Waals surface area contributed by atoms with Gasteiger partial charge in [-0.25, -0.2) is 4.98 Å². The van der Waals surface area contributed by atoms with E-state index < -0.39 is 5.91 Å². The number of hydrogen-bond donors (Lipinski definition) is 3. The number of piperazine rings is 1. The van der Waals surface area contributed by atoms with Crippen molar-refractivity contribution in [1.82, 2.24) is 14.9 Å². The van der Waals surface area contributed by atoms with Crippen LogP contribution in [0.2, 0.25) is 0 Å². The Bertz CT molecular complexity index is 1280. The van der Waals surface area contributed by atoms with Crippen LogP contribution in [-0.4, -0.2) is 80.3 Å². The minimum absolute atomic E-state index is 0.257. The van der Waals surface area contributed by atoms with Gasteiger partial charge in [0, 0.05) is 61.9 Å². The number of nitrogens with one attached hydrogen (secondary N) is 2. The molecule has 3 heterocycles. The van der Waals surface area contributed by atoms with Gasteiger partial charge in [0.05, 0.1) is 25.1 Å². The van der Waals surface area contributed by atoms with E-state index in [1.165, 1.54) is 5.69 Å². The SMILES string of the molecule is C=C(C(N)=O)c1cccc(Nc2nc(Nc3ccc(N4CCN(C)CC4)cc3)ncc2N2CCOCC2)c1. The van der Waals surface area contributed by atoms with Gasteiger partial charge in [0.1, 0.15) is 0 Å². The molecule has 10 nitrogen and oxygen atoms in total. The molecule has 0 spiro atoms. The van der Waals surface area contributed by atoms with Crippen LogP contribution in [0, 0.1) is 0 Å². The molecule has 2 aliphatic rings. The smallest absolute Gasteiger partial charge is 0.248 e. The monoisotopic (exact) mass is 514 g/mol. The summed E-state index contributed by atoms with van der Waals surface area (Å²) >= 11 is 0. The molecule has 198 valence electrons. The summed E-state index contributed by atoms with van der Waals surface area (Å²) < 4.78 is 5.53. The molecule has 0 bridgehead atoms. The summed E-state index contributed by atoms with van der Waals surface area (Å²) in [6, 6.07) is 15.8. The zero-order chi connectivity index (χ0) is 26.5. The normalized spacial score (nSPS) is 16.2. The number of nitrogens with zero attached hydrogens (tertiary/aromatic N) is 5. The third kappa shape index (κ3) is 6.04. The number of amides is 1. The minimum atomic E-state index is -0.552. The Morgan fingerprint density at radius 3 is 2.39 bits per heavy atom. The van der Waals surface area contributed by atoms with Gasteiger partial charge in [-0.2, -0.15) is 4.98 Å². The van der Waals surface area contributed by atoms with Gasteiger partial charge < -0.3 is 35.8 Å². The molecule has 38 heavy (non-hydrogen) atoms. The summed E-state index contributed by atoms with van der Waals surface area (Å²) in [5.74, 6) is 0.582. The number of benzene rings is 2. The number of carbonyl (C=O) groups is 1. The van der Waals surface area contributed by atoms with Gasteiger partial charge in [0.25, 0.3) is 0 Å². The Kier molecular flexibility index (Phi) is 7.71. The van der Waals surface area contributed by atoms with Crippen molar-refractivity contribution in [3.63, 3.8) is 0 Å². The third-order valence-electron chi connectivity index (χ3n) is 6.88. The number of ether oxygens (including phenoxy) is 1. The molecule has 1 amide bonds. The fraction of sp³-hybridized carbons (Fsp3) is 0.321. The topological polar surface area (TPSA) is 112 Å². The predicted octanol–water partition coefficient (Wildman–Crippen LogP) is 3.05. The van der Waals surface area contributed by atoms with Crippen LogP contribution >= 0.6 is 0 Å². The van der Waals surface area contributed by atoms with E-state index in [0.29, 0.717) is 30.5 Å². The molecule has 10 heteroatoms. The van der Waals surface area contributed by atoms with Gasteiger partial charge in [-0.3, -0.25) is 4.79 Å². The quantitative estimate of drug-likeness (QED) is 0.391. The van der Waals surface area contributed by atoms with Crippen molar-refractivity contribution >= 4 is 46.0 Å². The molecule has 3 aromatic rings. The average molecular weight is 515 g/mol. The Morgan fingerprint density at radius 1 is 0.947 bits per heavy atom. The van der Waals surface area contributed by atoms with E-state index in [2.05, 4.69) is 68.2 Å². The van der Waals surface area contributed by atoms with Crippen LogP contribution < -0.4 is 26.2 Å². The first-order valence-electron chi connectivity index (χ1n) is 12.8. The van der Waals surface area contributed by atoms with Gasteiger partial charge in [-0.05, 0) is 49.0 Å². The van der Waals surface area contributed by atoms with Crippen molar-refractivity contribution in [3.05, 3.63) is 66.9 Å². The van der Waals surface area contributed by atoms with E-state index in [4.69, 9.17) is 15.5 Å². The maximum absolute atomic E-state index is 11.6. The molecule has 5 rings (SSSR count). The maximum atomic E-state index is 11.6. The molecule has 0 aliphatic carbocycles. The van der Waals surface area contributed by atoms with Crippen molar-refractivity contribution in [2.75, 3.05) is 80.0 Å². The van der Waals surface area contributed by atoms with Crippen LogP contribution in [0.15, 0.2) is 61.3 Å². The van der Waals surface area contributed by atoms with Crippen molar-refractivity contribution < 1.29 is 9.53 Å². The summed E-state index contributed by atoms with van der Waals surface area (Å²) in [7, 11) is 2.16. The number of morpholine rings is 1. The van der Waals surface area contributed by atoms with Gasteiger partial charge in [0.15, 0.2) is 5.82 Å². The molecule has 4 N–H and O–H groups in total. The highest BCUT2D eigenvalue weighted by atomic mass is 16.5. The first-order chi connectivity index (χ1) is 18.5. The lowest BCUT2D eigenvalue weighted by Gasteiger charge is -2.34. The standard InChI is InChI=1S/C28H34N8O2/c1-20(26(29)37)21-4-3-5-23(18-21)31-27-25(36-14-16-38-17-15-36)19-30-28(33-27)32-22-6-8-24(9-7-22)35-12-10-34(2)11-13-35/h3-9,18-19H,1,10-17H2,2H3,(H2,29,37)(H2,30,31,32,33). The molecular weight excluding hydrogens is 480 g/mol. The van der Waals surface area contributed by atoms with Crippen LogP contribution in [0.25, 0.3) is 5.57 Å². The Labute approximate surface area is 223 Å². The first-order valence-corrected chi connectivity index (χ1v) is 12.8. The second-order valence-electron chi connectivity index (χ2n) is 9.54. The minimum Gasteiger partial charge on any atom is -0.378 e. The second kappa shape index (κ2) is 11.5. The largest absolute Gasteiger partial charge is 0.378 e. The molecule has 0 saturated carbocycles. The lowest BCUT2D eigenvalue weighted by molar-refractivity contribution is -0.112. The van der Waals surface area contributed by atoms with Crippen molar-refractivity contribution in [1.29, 1.82) is 0 Å². The molecule has 2 aromatic carbocycles. The van der Waals surface area contributed by atoms with Gasteiger partial charge in [-0.1, -0.05) is 18.7 Å². The van der Waals surface area contributed by atoms with E-state index >= 15 is 0 Å². The van der Waals surface area contributed by atoms with Crippen molar-refractivity contribution in [3.8, 4) is 0 Å². The van der Waals surface area contributed by atoms with Crippen molar-refractivity contribution in [2.24, 2.45) is 5.73 Å². The van der Waals surface area contributed by atoms with E-state index in [0.717, 1.165) is 56.3 Å². The molecule has 0 unspecified atom stereocenters. The highest BCUT2D eigenvalue weighted by Crippen LogP contribution is 2.30. The number of carbonyl (C=O) groups excluding carboxylic acids is 1. The van der Waals surface area contributed by atoms with Crippen LogP contribution in [-0.2, 0) is 9.53 Å². The van der Waals surface area contributed by atoms with Crippen LogP contribution in [0.5, 0.6) is 0 Å². The summed E-state index contributed by atoms with van der Waals surface area (Å²) in [4.78, 5) is 28.0. The summed E-state index contributed by atoms with van der Waals surface area (Å²) in [5.41, 5.74) is 10.1. The Hall–Kier alpha value is -4.15. The highest BCUT2D eigenvalue weighted by Gasteiger charge is 2.19. The fourth-order valence-corrected chi connectivity index (χ4v) is 4.58. The Balaban J connectivity index is 1.37. The molecule has 0 radical (unpaired) electrons. The fourth-order valence-electron chi connectivity index (χ4n) is 4.58. The average Bonchev–Trinajstić information content (AvgIpc) is 2.94. The van der Waals surface area contributed by atoms with Crippen LogP contribution in [0.4, 0.5) is 34.5 Å². The summed E-state index contributed by atoms with van der Waals surface area (Å²) in [5, 5.41) is 6.74. The van der Waals surface area contributed by atoms with Crippen LogP contribution in [0.3, 0.4) is 0 Å². The molecule has 2 saturated heterocycles. The van der Waals surface area contributed by atoms with E-state index in [1.807, 2.05) is 24.4 Å². The zero-order valence-corrected chi connectivity index (χ0v) is 21.7. The third-order valence-corrected chi connectivity index (χ3v) is 6.88. The zero-order valence-electron chi connectivity index (χ0n) is 21.7. The number of rotatable bonds is 8. The summed E-state index contributed by atoms with van der Waals surface area (Å²) in [6.07, 6.45) is 1.83. The van der Waals surface area contributed by atoms with Gasteiger partial charge in [-0.15, -0.1) is 0 Å². The van der Waals surface area contributed by atoms with E-state index in [1.54, 1.807) is 6.07 Å². The highest BCUT2D eigenvalue weighted by molar-refractivity contribution is 6.18. The molecule has 2 aliphatic heterocycles. The predicted molar refractivity (Wildman–Crippen MR) is 152 cm³/mol. The maximum Gasteiger partial charge on any atom is 0.248 e. The van der Waals surface area contributed by atoms with Gasteiger partial charge >= 0.3 is 0 Å². The lowest BCUT2D eigenvalue weighted by Crippen LogP contribution is -2.44. The molecule has 1 aromatic heterocycles. The lowest BCUT2D eigenvalue weighted by atomic mass is 10.1. The van der Waals surface area contributed by atoms with Crippen molar-refractivity contribution in [2.45, 2.75) is 0 Å². The van der Waals surface area contributed by atoms with Gasteiger partial charge in [0.2, 0.25) is 11.9 Å². The number of primary amides is 1. The number of nitrogens with two attached hydrogens (primary N) is 1. The molecular formula is C28H34N8O2. The van der Waals surface area contributed by atoms with Crippen LogP contribution in [0.1, 0.15) is 5.56 Å².